The smallest absolute Gasteiger partial charge is 0.0298 e. The van der Waals surface area contributed by atoms with Crippen LogP contribution in [0.3, 0.4) is 0 Å². The second-order valence-corrected chi connectivity index (χ2v) is 5.12. The molecule has 1 nitrogen and oxygen atoms in total. The van der Waals surface area contributed by atoms with Crippen molar-refractivity contribution in [3.63, 3.8) is 0 Å². The molecule has 2 rings (SSSR count). The van der Waals surface area contributed by atoms with Gasteiger partial charge in [0.1, 0.15) is 0 Å². The third kappa shape index (κ3) is 1.46. The molecule has 0 fully saturated rings. The molecule has 0 aliphatic heterocycles. The zero-order valence-corrected chi connectivity index (χ0v) is 9.30. The first-order chi connectivity index (χ1) is 6.50. The van der Waals surface area contributed by atoms with Gasteiger partial charge in [0.05, 0.1) is 0 Å². The van der Waals surface area contributed by atoms with Crippen LogP contribution in [0.25, 0.3) is 0 Å². The van der Waals surface area contributed by atoms with E-state index in [2.05, 4.69) is 39.0 Å². The Balaban J connectivity index is 2.57. The highest BCUT2D eigenvalue weighted by molar-refractivity contribution is 5.40. The molecule has 0 aromatic heterocycles. The largest absolute Gasteiger partial charge is 0.324 e. The molecule has 14 heavy (non-hydrogen) atoms. The second-order valence-electron chi connectivity index (χ2n) is 5.12. The average Bonchev–Trinajstić information content (AvgIpc) is 2.12. The van der Waals surface area contributed by atoms with Crippen molar-refractivity contribution in [1.29, 1.82) is 0 Å². The molecule has 0 saturated heterocycles. The fraction of sp³-hybridized carbons (Fsp3) is 0.538. The average molecular weight is 189 g/mol. The van der Waals surface area contributed by atoms with E-state index in [1.54, 1.807) is 0 Å². The Morgan fingerprint density at radius 1 is 1.36 bits per heavy atom. The lowest BCUT2D eigenvalue weighted by Crippen LogP contribution is -2.29. The van der Waals surface area contributed by atoms with Gasteiger partial charge in [0, 0.05) is 6.04 Å². The number of hydrogen-bond acceptors (Lipinski definition) is 1. The van der Waals surface area contributed by atoms with Gasteiger partial charge in [-0.1, -0.05) is 37.6 Å². The van der Waals surface area contributed by atoms with Gasteiger partial charge in [0.2, 0.25) is 0 Å². The van der Waals surface area contributed by atoms with Gasteiger partial charge in [0.25, 0.3) is 0 Å². The Hall–Kier alpha value is -0.820. The number of rotatable bonds is 0. The Morgan fingerprint density at radius 3 is 2.79 bits per heavy atom. The first-order valence-corrected chi connectivity index (χ1v) is 5.37. The highest BCUT2D eigenvalue weighted by atomic mass is 14.6. The summed E-state index contributed by atoms with van der Waals surface area (Å²) in [6.07, 6.45) is 2.31. The van der Waals surface area contributed by atoms with Crippen LogP contribution in [0.5, 0.6) is 0 Å². The van der Waals surface area contributed by atoms with Crippen LogP contribution in [0, 0.1) is 6.92 Å². The van der Waals surface area contributed by atoms with Gasteiger partial charge in [-0.05, 0) is 36.3 Å². The van der Waals surface area contributed by atoms with E-state index in [0.717, 1.165) is 6.42 Å². The predicted molar refractivity (Wildman–Crippen MR) is 60.4 cm³/mol. The van der Waals surface area contributed by atoms with Crippen molar-refractivity contribution >= 4 is 0 Å². The highest BCUT2D eigenvalue weighted by Gasteiger charge is 2.30. The maximum Gasteiger partial charge on any atom is 0.0298 e. The van der Waals surface area contributed by atoms with Crippen LogP contribution in [-0.2, 0) is 5.41 Å². The topological polar surface area (TPSA) is 26.0 Å². The summed E-state index contributed by atoms with van der Waals surface area (Å²) in [6, 6.07) is 6.95. The summed E-state index contributed by atoms with van der Waals surface area (Å²) in [6.45, 7) is 6.76. The van der Waals surface area contributed by atoms with Gasteiger partial charge in [0.15, 0.2) is 0 Å². The lowest BCUT2D eigenvalue weighted by atomic mass is 9.71. The molecule has 0 amide bonds. The minimum Gasteiger partial charge on any atom is -0.324 e. The van der Waals surface area contributed by atoms with Gasteiger partial charge in [-0.25, -0.2) is 0 Å². The van der Waals surface area contributed by atoms with Crippen molar-refractivity contribution in [3.05, 3.63) is 34.9 Å². The summed E-state index contributed by atoms with van der Waals surface area (Å²) < 4.78 is 0. The molecule has 0 radical (unpaired) electrons. The van der Waals surface area contributed by atoms with Gasteiger partial charge in [-0.2, -0.15) is 0 Å². The lowest BCUT2D eigenvalue weighted by molar-refractivity contribution is 0.396. The number of nitrogens with two attached hydrogens (primary N) is 1. The Labute approximate surface area is 86.3 Å². The predicted octanol–water partition coefficient (Wildman–Crippen LogP) is 3.07. The van der Waals surface area contributed by atoms with Crippen LogP contribution >= 0.6 is 0 Å². The zero-order chi connectivity index (χ0) is 10.3. The SMILES string of the molecule is Cc1ccc2c(c1)C(N)CCC2(C)C. The molecule has 0 spiro atoms. The van der Waals surface area contributed by atoms with Crippen LogP contribution < -0.4 is 5.73 Å². The maximum atomic E-state index is 6.14. The van der Waals surface area contributed by atoms with Crippen molar-refractivity contribution in [2.75, 3.05) is 0 Å². The van der Waals surface area contributed by atoms with E-state index in [-0.39, 0.29) is 6.04 Å². The minimum atomic E-state index is 0.248. The van der Waals surface area contributed by atoms with Gasteiger partial charge in [-0.3, -0.25) is 0 Å². The van der Waals surface area contributed by atoms with Gasteiger partial charge >= 0.3 is 0 Å². The molecule has 1 aliphatic rings. The molecule has 1 aromatic rings. The zero-order valence-electron chi connectivity index (χ0n) is 9.30. The molecular formula is C13H19N. The van der Waals surface area contributed by atoms with Crippen molar-refractivity contribution < 1.29 is 0 Å². The standard InChI is InChI=1S/C13H19N/c1-9-4-5-11-10(8-9)12(14)6-7-13(11,2)3/h4-5,8,12H,6-7,14H2,1-3H3. The van der Waals surface area contributed by atoms with Crippen LogP contribution in [0.15, 0.2) is 18.2 Å². The Morgan fingerprint density at radius 2 is 2.07 bits per heavy atom. The molecule has 1 unspecified atom stereocenters. The van der Waals surface area contributed by atoms with E-state index in [1.807, 2.05) is 0 Å². The van der Waals surface area contributed by atoms with Crippen molar-refractivity contribution in [3.8, 4) is 0 Å². The number of benzene rings is 1. The number of aryl methyl sites for hydroxylation is 1. The Kier molecular flexibility index (Phi) is 2.15. The summed E-state index contributed by atoms with van der Waals surface area (Å²) >= 11 is 0. The van der Waals surface area contributed by atoms with Crippen LogP contribution in [-0.4, -0.2) is 0 Å². The van der Waals surface area contributed by atoms with E-state index < -0.39 is 0 Å². The second kappa shape index (κ2) is 3.09. The van der Waals surface area contributed by atoms with E-state index >= 15 is 0 Å². The number of hydrogen-bond donors (Lipinski definition) is 1. The molecule has 0 bridgehead atoms. The van der Waals surface area contributed by atoms with Crippen molar-refractivity contribution in [1.82, 2.24) is 0 Å². The van der Waals surface area contributed by atoms with E-state index in [4.69, 9.17) is 5.73 Å². The van der Waals surface area contributed by atoms with Crippen molar-refractivity contribution in [2.24, 2.45) is 5.73 Å². The van der Waals surface area contributed by atoms with Crippen LogP contribution in [0.2, 0.25) is 0 Å². The summed E-state index contributed by atoms with van der Waals surface area (Å²) in [5.41, 5.74) is 10.6. The molecule has 1 atom stereocenters. The molecule has 0 heterocycles. The maximum absolute atomic E-state index is 6.14. The first-order valence-electron chi connectivity index (χ1n) is 5.37. The molecule has 1 aliphatic carbocycles. The van der Waals surface area contributed by atoms with E-state index in [0.29, 0.717) is 5.41 Å². The van der Waals surface area contributed by atoms with E-state index in [1.165, 1.54) is 23.1 Å². The fourth-order valence-electron chi connectivity index (χ4n) is 2.41. The molecule has 1 aromatic carbocycles. The summed E-state index contributed by atoms with van der Waals surface area (Å²) in [4.78, 5) is 0. The highest BCUT2D eigenvalue weighted by Crippen LogP contribution is 2.40. The normalized spacial score (nSPS) is 24.4. The molecule has 0 saturated carbocycles. The third-order valence-corrected chi connectivity index (χ3v) is 3.42. The lowest BCUT2D eigenvalue weighted by Gasteiger charge is -2.35. The Bertz CT molecular complexity index is 352. The van der Waals surface area contributed by atoms with E-state index in [9.17, 15) is 0 Å². The summed E-state index contributed by atoms with van der Waals surface area (Å²) in [5, 5.41) is 0. The fourth-order valence-corrected chi connectivity index (χ4v) is 2.41. The summed E-state index contributed by atoms with van der Waals surface area (Å²) in [7, 11) is 0. The molecule has 2 N–H and O–H groups in total. The third-order valence-electron chi connectivity index (χ3n) is 3.42. The summed E-state index contributed by atoms with van der Waals surface area (Å²) in [5.74, 6) is 0. The minimum absolute atomic E-state index is 0.248. The van der Waals surface area contributed by atoms with Crippen LogP contribution in [0.4, 0.5) is 0 Å². The molecule has 76 valence electrons. The van der Waals surface area contributed by atoms with Crippen molar-refractivity contribution in [2.45, 2.75) is 45.1 Å². The number of fused-ring (bicyclic) bond motifs is 1. The molecular weight excluding hydrogens is 170 g/mol. The monoisotopic (exact) mass is 189 g/mol. The van der Waals surface area contributed by atoms with Crippen LogP contribution in [0.1, 0.15) is 49.4 Å². The quantitative estimate of drug-likeness (QED) is 0.667. The first kappa shape index (κ1) is 9.72. The van der Waals surface area contributed by atoms with Gasteiger partial charge < -0.3 is 5.73 Å². The molecule has 1 heteroatoms. The van der Waals surface area contributed by atoms with Gasteiger partial charge in [-0.15, -0.1) is 0 Å².